The van der Waals surface area contributed by atoms with Gasteiger partial charge in [-0.05, 0) is 48.4 Å². The van der Waals surface area contributed by atoms with Crippen LogP contribution in [0.3, 0.4) is 0 Å². The molecular formula is C16H22N2O2. The Morgan fingerprint density at radius 2 is 1.90 bits per heavy atom. The van der Waals surface area contributed by atoms with E-state index in [0.717, 1.165) is 18.5 Å². The molecule has 0 radical (unpaired) electrons. The first kappa shape index (κ1) is 14.6. The number of amides is 2. The van der Waals surface area contributed by atoms with E-state index >= 15 is 0 Å². The van der Waals surface area contributed by atoms with Crippen LogP contribution in [0, 0.1) is 5.92 Å². The molecule has 0 unspecified atom stereocenters. The summed E-state index contributed by atoms with van der Waals surface area (Å²) in [6.45, 7) is 3.98. The zero-order valence-electron chi connectivity index (χ0n) is 12.2. The quantitative estimate of drug-likeness (QED) is 0.865. The molecule has 2 amide bonds. The maximum Gasteiger partial charge on any atom is 0.243 e. The van der Waals surface area contributed by atoms with E-state index in [9.17, 15) is 9.59 Å². The van der Waals surface area contributed by atoms with Gasteiger partial charge in [-0.3, -0.25) is 9.59 Å². The predicted molar refractivity (Wildman–Crippen MR) is 79.6 cm³/mol. The maximum atomic E-state index is 11.8. The number of benzene rings is 1. The zero-order chi connectivity index (χ0) is 14.5. The predicted octanol–water partition coefficient (Wildman–Crippen LogP) is 2.28. The minimum Gasteiger partial charge on any atom is -0.347 e. The van der Waals surface area contributed by atoms with Crippen LogP contribution in [0.15, 0.2) is 18.2 Å². The van der Waals surface area contributed by atoms with Gasteiger partial charge in [0.2, 0.25) is 11.8 Å². The van der Waals surface area contributed by atoms with Crippen molar-refractivity contribution in [2.24, 2.45) is 5.92 Å². The molecule has 1 aliphatic rings. The third-order valence-corrected chi connectivity index (χ3v) is 3.42. The number of anilines is 1. The van der Waals surface area contributed by atoms with Crippen LogP contribution in [-0.2, 0) is 22.4 Å². The first-order valence-electron chi connectivity index (χ1n) is 7.23. The van der Waals surface area contributed by atoms with Crippen LogP contribution in [0.2, 0.25) is 0 Å². The highest BCUT2D eigenvalue weighted by atomic mass is 16.2. The summed E-state index contributed by atoms with van der Waals surface area (Å²) in [5.41, 5.74) is 3.52. The Kier molecular flexibility index (Phi) is 4.77. The topological polar surface area (TPSA) is 58.2 Å². The van der Waals surface area contributed by atoms with Crippen LogP contribution in [0.5, 0.6) is 0 Å². The highest BCUT2D eigenvalue weighted by Crippen LogP contribution is 2.24. The molecule has 4 heteroatoms. The van der Waals surface area contributed by atoms with Crippen LogP contribution in [0.1, 0.15) is 37.8 Å². The molecule has 0 saturated heterocycles. The van der Waals surface area contributed by atoms with Gasteiger partial charge in [0.15, 0.2) is 0 Å². The molecule has 0 spiro atoms. The Labute approximate surface area is 119 Å². The van der Waals surface area contributed by atoms with Crippen molar-refractivity contribution in [3.63, 3.8) is 0 Å². The van der Waals surface area contributed by atoms with Gasteiger partial charge in [0, 0.05) is 12.1 Å². The number of hydrogen-bond acceptors (Lipinski definition) is 2. The van der Waals surface area contributed by atoms with E-state index < -0.39 is 0 Å². The highest BCUT2D eigenvalue weighted by molar-refractivity contribution is 5.94. The smallest absolute Gasteiger partial charge is 0.243 e. The van der Waals surface area contributed by atoms with Crippen molar-refractivity contribution >= 4 is 17.5 Å². The minimum atomic E-state index is -0.181. The number of fused-ring (bicyclic) bond motifs is 1. The summed E-state index contributed by atoms with van der Waals surface area (Å²) in [7, 11) is 0. The van der Waals surface area contributed by atoms with Crippen LogP contribution in [-0.4, -0.2) is 18.4 Å². The molecule has 1 aliphatic carbocycles. The fraction of sp³-hybridized carbons (Fsp3) is 0.500. The highest BCUT2D eigenvalue weighted by Gasteiger charge is 2.12. The van der Waals surface area contributed by atoms with Crippen LogP contribution in [0.4, 0.5) is 5.69 Å². The number of hydrogen-bond donors (Lipinski definition) is 2. The summed E-state index contributed by atoms with van der Waals surface area (Å²) in [4.78, 5) is 23.2. The summed E-state index contributed by atoms with van der Waals surface area (Å²) in [6, 6.07) is 6.05. The van der Waals surface area contributed by atoms with Crippen molar-refractivity contribution in [1.82, 2.24) is 5.32 Å². The summed E-state index contributed by atoms with van der Waals surface area (Å²) in [5, 5.41) is 5.46. The monoisotopic (exact) mass is 274 g/mol. The first-order chi connectivity index (χ1) is 9.54. The molecule has 0 atom stereocenters. The van der Waals surface area contributed by atoms with Gasteiger partial charge >= 0.3 is 0 Å². The van der Waals surface area contributed by atoms with Crippen molar-refractivity contribution in [2.45, 2.75) is 39.5 Å². The number of nitrogens with one attached hydrogen (secondary N) is 2. The minimum absolute atomic E-state index is 0.0304. The van der Waals surface area contributed by atoms with Gasteiger partial charge in [0.25, 0.3) is 0 Å². The second kappa shape index (κ2) is 6.55. The number of carbonyl (C=O) groups is 2. The van der Waals surface area contributed by atoms with Crippen LogP contribution in [0.25, 0.3) is 0 Å². The van der Waals surface area contributed by atoms with Gasteiger partial charge in [-0.2, -0.15) is 0 Å². The fourth-order valence-corrected chi connectivity index (χ4v) is 2.48. The SMILES string of the molecule is CC(C)CC(=O)NCC(=O)Nc1ccc2c(c1)CCC2. The lowest BCUT2D eigenvalue weighted by Gasteiger charge is -2.09. The Balaban J connectivity index is 1.81. The van der Waals surface area contributed by atoms with Gasteiger partial charge in [-0.25, -0.2) is 0 Å². The van der Waals surface area contributed by atoms with Crippen LogP contribution >= 0.6 is 0 Å². The maximum absolute atomic E-state index is 11.8. The summed E-state index contributed by atoms with van der Waals surface area (Å²) >= 11 is 0. The van der Waals surface area contributed by atoms with E-state index in [2.05, 4.69) is 16.7 Å². The van der Waals surface area contributed by atoms with Crippen molar-refractivity contribution in [2.75, 3.05) is 11.9 Å². The van der Waals surface area contributed by atoms with Gasteiger partial charge < -0.3 is 10.6 Å². The van der Waals surface area contributed by atoms with E-state index in [1.165, 1.54) is 17.5 Å². The lowest BCUT2D eigenvalue weighted by atomic mass is 10.1. The van der Waals surface area contributed by atoms with Gasteiger partial charge in [-0.1, -0.05) is 19.9 Å². The molecule has 0 aliphatic heterocycles. The van der Waals surface area contributed by atoms with E-state index in [4.69, 9.17) is 0 Å². The molecule has 1 aromatic rings. The van der Waals surface area contributed by atoms with E-state index in [0.29, 0.717) is 12.3 Å². The second-order valence-electron chi connectivity index (χ2n) is 5.76. The molecule has 0 saturated carbocycles. The van der Waals surface area contributed by atoms with Crippen LogP contribution < -0.4 is 10.6 Å². The third kappa shape index (κ3) is 4.08. The molecule has 0 aromatic heterocycles. The van der Waals surface area contributed by atoms with Gasteiger partial charge in [0.05, 0.1) is 6.54 Å². The van der Waals surface area contributed by atoms with E-state index in [1.807, 2.05) is 26.0 Å². The number of aryl methyl sites for hydroxylation is 2. The van der Waals surface area contributed by atoms with Gasteiger partial charge in [0.1, 0.15) is 0 Å². The van der Waals surface area contributed by atoms with E-state index in [-0.39, 0.29) is 18.4 Å². The second-order valence-corrected chi connectivity index (χ2v) is 5.76. The molecule has 2 rings (SSSR count). The summed E-state index contributed by atoms with van der Waals surface area (Å²) in [6.07, 6.45) is 3.86. The molecule has 2 N–H and O–H groups in total. The third-order valence-electron chi connectivity index (χ3n) is 3.42. The van der Waals surface area contributed by atoms with Crippen molar-refractivity contribution in [3.05, 3.63) is 29.3 Å². The lowest BCUT2D eigenvalue weighted by Crippen LogP contribution is -2.33. The number of carbonyl (C=O) groups excluding carboxylic acids is 2. The average molecular weight is 274 g/mol. The van der Waals surface area contributed by atoms with Crippen molar-refractivity contribution in [3.8, 4) is 0 Å². The standard InChI is InChI=1S/C16H22N2O2/c1-11(2)8-15(19)17-10-16(20)18-14-7-6-12-4-3-5-13(12)9-14/h6-7,9,11H,3-5,8,10H2,1-2H3,(H,17,19)(H,18,20). The first-order valence-corrected chi connectivity index (χ1v) is 7.23. The van der Waals surface area contributed by atoms with Gasteiger partial charge in [-0.15, -0.1) is 0 Å². The van der Waals surface area contributed by atoms with Crippen molar-refractivity contribution in [1.29, 1.82) is 0 Å². The zero-order valence-corrected chi connectivity index (χ0v) is 12.2. The number of rotatable bonds is 5. The molecule has 0 heterocycles. The Hall–Kier alpha value is -1.84. The molecule has 4 nitrogen and oxygen atoms in total. The molecule has 1 aromatic carbocycles. The largest absolute Gasteiger partial charge is 0.347 e. The molecular weight excluding hydrogens is 252 g/mol. The Morgan fingerprint density at radius 1 is 1.15 bits per heavy atom. The molecule has 0 bridgehead atoms. The Morgan fingerprint density at radius 3 is 2.65 bits per heavy atom. The summed E-state index contributed by atoms with van der Waals surface area (Å²) < 4.78 is 0. The fourth-order valence-electron chi connectivity index (χ4n) is 2.48. The molecule has 0 fully saturated rings. The molecule has 108 valence electrons. The Bertz CT molecular complexity index is 509. The summed E-state index contributed by atoms with van der Waals surface area (Å²) in [5.74, 6) is 0.0407. The average Bonchev–Trinajstić information content (AvgIpc) is 2.83. The van der Waals surface area contributed by atoms with E-state index in [1.54, 1.807) is 0 Å². The normalized spacial score (nSPS) is 13.2. The molecule has 20 heavy (non-hydrogen) atoms. The lowest BCUT2D eigenvalue weighted by molar-refractivity contribution is -0.124. The van der Waals surface area contributed by atoms with Crippen molar-refractivity contribution < 1.29 is 9.59 Å².